The molecule has 0 saturated heterocycles. The van der Waals surface area contributed by atoms with Gasteiger partial charge in [0, 0.05) is 12.7 Å². The molecule has 0 aliphatic heterocycles. The van der Waals surface area contributed by atoms with Crippen molar-refractivity contribution in [2.75, 3.05) is 20.8 Å². The van der Waals surface area contributed by atoms with Gasteiger partial charge in [-0.25, -0.2) is 9.97 Å². The molecule has 1 N–H and O–H groups in total. The van der Waals surface area contributed by atoms with E-state index in [9.17, 15) is 0 Å². The fourth-order valence-corrected chi connectivity index (χ4v) is 2.09. The summed E-state index contributed by atoms with van der Waals surface area (Å²) in [4.78, 5) is 8.44. The van der Waals surface area contributed by atoms with Crippen molar-refractivity contribution in [3.05, 3.63) is 47.5 Å². The summed E-state index contributed by atoms with van der Waals surface area (Å²) in [6.45, 7) is 3.52. The number of aryl methyl sites for hydroxylation is 1. The summed E-state index contributed by atoms with van der Waals surface area (Å²) in [7, 11) is 3.29. The highest BCUT2D eigenvalue weighted by molar-refractivity contribution is 5.42. The number of rotatable bonds is 7. The van der Waals surface area contributed by atoms with Crippen LogP contribution in [0.5, 0.6) is 11.5 Å². The highest BCUT2D eigenvalue weighted by Gasteiger charge is 2.04. The second kappa shape index (κ2) is 7.59. The molecular formula is C16H21N3O2. The molecule has 0 saturated carbocycles. The zero-order valence-electron chi connectivity index (χ0n) is 12.7. The van der Waals surface area contributed by atoms with E-state index in [1.807, 2.05) is 25.1 Å². The first-order chi connectivity index (χ1) is 10.2. The summed E-state index contributed by atoms with van der Waals surface area (Å²) in [5.74, 6) is 2.32. The molecule has 0 bridgehead atoms. The van der Waals surface area contributed by atoms with Gasteiger partial charge in [-0.05, 0) is 43.7 Å². The molecule has 0 spiro atoms. The summed E-state index contributed by atoms with van der Waals surface area (Å²) in [6.07, 6.45) is 2.71. The van der Waals surface area contributed by atoms with Crippen LogP contribution in [-0.4, -0.2) is 30.7 Å². The van der Waals surface area contributed by atoms with Crippen LogP contribution in [0.2, 0.25) is 0 Å². The first-order valence-corrected chi connectivity index (χ1v) is 6.93. The minimum absolute atomic E-state index is 0.747. The fourth-order valence-electron chi connectivity index (χ4n) is 2.09. The summed E-state index contributed by atoms with van der Waals surface area (Å²) >= 11 is 0. The van der Waals surface area contributed by atoms with Crippen LogP contribution in [0.4, 0.5) is 0 Å². The Balaban J connectivity index is 1.83. The highest BCUT2D eigenvalue weighted by Crippen LogP contribution is 2.27. The zero-order chi connectivity index (χ0) is 15.1. The maximum Gasteiger partial charge on any atom is 0.160 e. The van der Waals surface area contributed by atoms with Crippen LogP contribution in [0.25, 0.3) is 0 Å². The van der Waals surface area contributed by atoms with Crippen LogP contribution in [0.1, 0.15) is 17.1 Å². The number of hydrogen-bond donors (Lipinski definition) is 1. The molecule has 0 amide bonds. The Morgan fingerprint density at radius 1 is 1.10 bits per heavy atom. The maximum absolute atomic E-state index is 5.30. The van der Waals surface area contributed by atoms with Gasteiger partial charge >= 0.3 is 0 Å². The lowest BCUT2D eigenvalue weighted by molar-refractivity contribution is 0.354. The van der Waals surface area contributed by atoms with Crippen LogP contribution < -0.4 is 14.8 Å². The Hall–Kier alpha value is -2.14. The van der Waals surface area contributed by atoms with Gasteiger partial charge in [-0.15, -0.1) is 0 Å². The topological polar surface area (TPSA) is 56.3 Å². The lowest BCUT2D eigenvalue weighted by atomic mass is 10.1. The van der Waals surface area contributed by atoms with E-state index in [4.69, 9.17) is 9.47 Å². The summed E-state index contributed by atoms with van der Waals surface area (Å²) in [6, 6.07) is 7.92. The summed E-state index contributed by atoms with van der Waals surface area (Å²) in [5, 5.41) is 3.38. The molecule has 5 heteroatoms. The van der Waals surface area contributed by atoms with E-state index in [2.05, 4.69) is 21.4 Å². The Morgan fingerprint density at radius 2 is 1.90 bits per heavy atom. The molecule has 0 fully saturated rings. The third kappa shape index (κ3) is 4.43. The van der Waals surface area contributed by atoms with E-state index < -0.39 is 0 Å². The Morgan fingerprint density at radius 3 is 2.62 bits per heavy atom. The molecule has 0 aliphatic rings. The predicted molar refractivity (Wildman–Crippen MR) is 81.7 cm³/mol. The number of hydrogen-bond acceptors (Lipinski definition) is 5. The third-order valence-corrected chi connectivity index (χ3v) is 3.18. The van der Waals surface area contributed by atoms with E-state index in [0.29, 0.717) is 0 Å². The zero-order valence-corrected chi connectivity index (χ0v) is 12.7. The molecule has 112 valence electrons. The SMILES string of the molecule is COc1ccc(CCNCc2ccnc(C)n2)cc1OC. The molecule has 2 aromatic rings. The molecule has 21 heavy (non-hydrogen) atoms. The van der Waals surface area contributed by atoms with Crippen molar-refractivity contribution in [2.24, 2.45) is 0 Å². The average Bonchev–Trinajstić information content (AvgIpc) is 2.51. The predicted octanol–water partition coefficient (Wildman–Crippen LogP) is 2.13. The summed E-state index contributed by atoms with van der Waals surface area (Å²) in [5.41, 5.74) is 2.22. The van der Waals surface area contributed by atoms with Crippen LogP contribution >= 0.6 is 0 Å². The molecular weight excluding hydrogens is 266 g/mol. The quantitative estimate of drug-likeness (QED) is 0.791. The fraction of sp³-hybridized carbons (Fsp3) is 0.375. The normalized spacial score (nSPS) is 10.4. The molecule has 1 heterocycles. The van der Waals surface area contributed by atoms with Crippen LogP contribution in [-0.2, 0) is 13.0 Å². The largest absolute Gasteiger partial charge is 0.493 e. The lowest BCUT2D eigenvalue weighted by Crippen LogP contribution is -2.17. The molecule has 0 radical (unpaired) electrons. The van der Waals surface area contributed by atoms with Crippen LogP contribution in [0.15, 0.2) is 30.5 Å². The molecule has 0 aliphatic carbocycles. The van der Waals surface area contributed by atoms with Crippen molar-refractivity contribution < 1.29 is 9.47 Å². The number of aromatic nitrogens is 2. The van der Waals surface area contributed by atoms with Crippen LogP contribution in [0.3, 0.4) is 0 Å². The highest BCUT2D eigenvalue weighted by atomic mass is 16.5. The molecule has 1 aromatic carbocycles. The van der Waals surface area contributed by atoms with Gasteiger partial charge in [0.15, 0.2) is 11.5 Å². The third-order valence-electron chi connectivity index (χ3n) is 3.18. The van der Waals surface area contributed by atoms with Gasteiger partial charge in [0.25, 0.3) is 0 Å². The van der Waals surface area contributed by atoms with Crippen molar-refractivity contribution in [1.29, 1.82) is 0 Å². The van der Waals surface area contributed by atoms with Crippen molar-refractivity contribution in [3.63, 3.8) is 0 Å². The van der Waals surface area contributed by atoms with E-state index in [1.165, 1.54) is 5.56 Å². The van der Waals surface area contributed by atoms with E-state index >= 15 is 0 Å². The van der Waals surface area contributed by atoms with Gasteiger partial charge in [0.2, 0.25) is 0 Å². The first kappa shape index (κ1) is 15.3. The summed E-state index contributed by atoms with van der Waals surface area (Å²) < 4.78 is 10.5. The molecule has 2 rings (SSSR count). The van der Waals surface area contributed by atoms with E-state index in [0.717, 1.165) is 42.5 Å². The minimum atomic E-state index is 0.747. The first-order valence-electron chi connectivity index (χ1n) is 6.93. The number of methoxy groups -OCH3 is 2. The van der Waals surface area contributed by atoms with Gasteiger partial charge in [0.05, 0.1) is 19.9 Å². The van der Waals surface area contributed by atoms with Gasteiger partial charge in [-0.2, -0.15) is 0 Å². The Kier molecular flexibility index (Phi) is 5.51. The minimum Gasteiger partial charge on any atom is -0.493 e. The Labute approximate surface area is 125 Å². The second-order valence-electron chi connectivity index (χ2n) is 4.71. The van der Waals surface area contributed by atoms with Crippen molar-refractivity contribution >= 4 is 0 Å². The van der Waals surface area contributed by atoms with Gasteiger partial charge in [0.1, 0.15) is 5.82 Å². The standard InChI is InChI=1S/C16H21N3O2/c1-12-18-9-7-14(19-12)11-17-8-6-13-4-5-15(20-2)16(10-13)21-3/h4-5,7,9-10,17H,6,8,11H2,1-3H3. The maximum atomic E-state index is 5.30. The number of nitrogens with zero attached hydrogens (tertiary/aromatic N) is 2. The van der Waals surface area contributed by atoms with Crippen molar-refractivity contribution in [3.8, 4) is 11.5 Å². The van der Waals surface area contributed by atoms with Gasteiger partial charge in [-0.3, -0.25) is 0 Å². The lowest BCUT2D eigenvalue weighted by Gasteiger charge is -2.10. The van der Waals surface area contributed by atoms with E-state index in [1.54, 1.807) is 20.4 Å². The second-order valence-corrected chi connectivity index (χ2v) is 4.71. The molecule has 1 aromatic heterocycles. The van der Waals surface area contributed by atoms with Crippen molar-refractivity contribution in [2.45, 2.75) is 19.9 Å². The van der Waals surface area contributed by atoms with Gasteiger partial charge in [-0.1, -0.05) is 6.07 Å². The number of benzene rings is 1. The molecule has 5 nitrogen and oxygen atoms in total. The Bertz CT molecular complexity index is 587. The van der Waals surface area contributed by atoms with E-state index in [-0.39, 0.29) is 0 Å². The monoisotopic (exact) mass is 287 g/mol. The number of nitrogens with one attached hydrogen (secondary N) is 1. The van der Waals surface area contributed by atoms with Crippen LogP contribution in [0, 0.1) is 6.92 Å². The number of ether oxygens (including phenoxy) is 2. The molecule has 0 atom stereocenters. The average molecular weight is 287 g/mol. The van der Waals surface area contributed by atoms with Gasteiger partial charge < -0.3 is 14.8 Å². The smallest absolute Gasteiger partial charge is 0.160 e. The van der Waals surface area contributed by atoms with Crippen molar-refractivity contribution in [1.82, 2.24) is 15.3 Å². The molecule has 0 unspecified atom stereocenters.